The number of pyridine rings is 1. The zero-order valence-electron chi connectivity index (χ0n) is 10.7. The molecule has 8 heteroatoms. The van der Waals surface area contributed by atoms with Gasteiger partial charge < -0.3 is 14.9 Å². The summed E-state index contributed by atoms with van der Waals surface area (Å²) in [5.74, 6) is 5.92. The lowest BCUT2D eigenvalue weighted by Gasteiger charge is -2.15. The summed E-state index contributed by atoms with van der Waals surface area (Å²) in [6.07, 6.45) is -2.74. The number of anilines is 1. The number of hydrogen-bond acceptors (Lipinski definition) is 5. The largest absolute Gasteiger partial charge is 0.494 e. The molecule has 0 unspecified atom stereocenters. The average Bonchev–Trinajstić information content (AvgIpc) is 2.45. The number of halogens is 3. The zero-order chi connectivity index (χ0) is 14.9. The van der Waals surface area contributed by atoms with Crippen LogP contribution < -0.4 is 20.7 Å². The van der Waals surface area contributed by atoms with E-state index in [1.165, 1.54) is 20.3 Å². The monoisotopic (exact) mass is 303 g/mol. The quantitative estimate of drug-likeness (QED) is 0.671. The molecule has 1 aromatic heterocycles. The fraction of sp³-hybridized carbons (Fsp3) is 0.250. The summed E-state index contributed by atoms with van der Waals surface area (Å²) in [6, 6.07) is 2.59. The summed E-state index contributed by atoms with van der Waals surface area (Å²) in [7, 11) is 2.80. The number of methoxy groups -OCH3 is 2. The van der Waals surface area contributed by atoms with E-state index in [4.69, 9.17) is 26.9 Å². The molecule has 0 saturated heterocycles. The highest BCUT2D eigenvalue weighted by molar-refractivity contribution is 6.34. The Bertz CT molecular complexity index is 652. The van der Waals surface area contributed by atoms with Gasteiger partial charge in [-0.3, -0.25) is 5.84 Å². The molecule has 0 aliphatic rings. The zero-order valence-corrected chi connectivity index (χ0v) is 11.5. The molecule has 2 rings (SSSR count). The van der Waals surface area contributed by atoms with Gasteiger partial charge in [0.25, 0.3) is 6.43 Å². The molecule has 0 saturated carbocycles. The third-order valence-corrected chi connectivity index (χ3v) is 3.06. The molecule has 20 heavy (non-hydrogen) atoms. The number of fused-ring (bicyclic) bond motifs is 1. The lowest BCUT2D eigenvalue weighted by atomic mass is 10.1. The van der Waals surface area contributed by atoms with E-state index in [1.807, 2.05) is 0 Å². The number of ether oxygens (including phenoxy) is 2. The molecule has 5 nitrogen and oxygen atoms in total. The van der Waals surface area contributed by atoms with E-state index >= 15 is 0 Å². The number of alkyl halides is 2. The maximum absolute atomic E-state index is 12.9. The molecule has 3 N–H and O–H groups in total. The standard InChI is InChI=1S/C12H12ClF2N3O2/c1-19-8-3-5(13)11(20-2)9-6(18-16)4-7(12(14)15)17-10(8)9/h3-4,12H,16H2,1-2H3,(H,17,18). The average molecular weight is 304 g/mol. The van der Waals surface area contributed by atoms with Gasteiger partial charge in [-0.1, -0.05) is 11.6 Å². The molecule has 0 bridgehead atoms. The van der Waals surface area contributed by atoms with Crippen LogP contribution in [0, 0.1) is 0 Å². The van der Waals surface area contributed by atoms with Crippen molar-refractivity contribution in [2.24, 2.45) is 5.84 Å². The molecule has 0 radical (unpaired) electrons. The molecule has 1 aromatic carbocycles. The molecule has 108 valence electrons. The van der Waals surface area contributed by atoms with Crippen molar-refractivity contribution in [3.63, 3.8) is 0 Å². The van der Waals surface area contributed by atoms with Crippen molar-refractivity contribution in [2.45, 2.75) is 6.43 Å². The number of hydrazine groups is 1. The van der Waals surface area contributed by atoms with Gasteiger partial charge in [-0.05, 0) is 6.07 Å². The first kappa shape index (κ1) is 14.5. The molecule has 0 aliphatic heterocycles. The van der Waals surface area contributed by atoms with Crippen molar-refractivity contribution < 1.29 is 18.3 Å². The third-order valence-electron chi connectivity index (χ3n) is 2.78. The number of aromatic nitrogens is 1. The molecule has 0 aliphatic carbocycles. The normalized spacial score (nSPS) is 10.9. The van der Waals surface area contributed by atoms with Crippen LogP contribution in [0.3, 0.4) is 0 Å². The molecule has 1 heterocycles. The minimum absolute atomic E-state index is 0.194. The Kier molecular flexibility index (Phi) is 4.10. The lowest BCUT2D eigenvalue weighted by Crippen LogP contribution is -2.09. The highest BCUT2D eigenvalue weighted by Gasteiger charge is 2.20. The SMILES string of the molecule is COc1cc(Cl)c(OC)c2c(NN)cc(C(F)F)nc12. The van der Waals surface area contributed by atoms with Gasteiger partial charge in [0.2, 0.25) is 0 Å². The predicted octanol–water partition coefficient (Wildman–Crippen LogP) is 3.13. The van der Waals surface area contributed by atoms with Gasteiger partial charge in [0.05, 0.1) is 30.3 Å². The highest BCUT2D eigenvalue weighted by atomic mass is 35.5. The first-order valence-electron chi connectivity index (χ1n) is 5.53. The highest BCUT2D eigenvalue weighted by Crippen LogP contribution is 2.43. The summed E-state index contributed by atoms with van der Waals surface area (Å²) in [5.41, 5.74) is 2.35. The van der Waals surface area contributed by atoms with Crippen molar-refractivity contribution in [1.29, 1.82) is 0 Å². The van der Waals surface area contributed by atoms with Crippen LogP contribution in [0.1, 0.15) is 12.1 Å². The van der Waals surface area contributed by atoms with E-state index in [-0.39, 0.29) is 27.7 Å². The molecule has 0 amide bonds. The first-order chi connectivity index (χ1) is 9.53. The van der Waals surface area contributed by atoms with Crippen molar-refractivity contribution in [2.75, 3.05) is 19.6 Å². The predicted molar refractivity (Wildman–Crippen MR) is 72.6 cm³/mol. The van der Waals surface area contributed by atoms with Crippen LogP contribution in [-0.4, -0.2) is 19.2 Å². The van der Waals surface area contributed by atoms with Crippen molar-refractivity contribution >= 4 is 28.2 Å². The van der Waals surface area contributed by atoms with E-state index in [0.717, 1.165) is 6.07 Å². The molecular formula is C12H12ClF2N3O2. The Morgan fingerprint density at radius 2 is 2.00 bits per heavy atom. The summed E-state index contributed by atoms with van der Waals surface area (Å²) in [5, 5.41) is 0.642. The number of benzene rings is 1. The summed E-state index contributed by atoms with van der Waals surface area (Å²) in [4.78, 5) is 3.89. The van der Waals surface area contributed by atoms with E-state index in [1.54, 1.807) is 0 Å². The number of nitrogens with one attached hydrogen (secondary N) is 1. The van der Waals surface area contributed by atoms with Crippen molar-refractivity contribution in [1.82, 2.24) is 4.98 Å². The molecule has 2 aromatic rings. The number of nitrogens with zero attached hydrogens (tertiary/aromatic N) is 1. The van der Waals surface area contributed by atoms with E-state index in [9.17, 15) is 8.78 Å². The van der Waals surface area contributed by atoms with Crippen molar-refractivity contribution in [3.8, 4) is 11.5 Å². The topological polar surface area (TPSA) is 69.4 Å². The van der Waals surface area contributed by atoms with E-state index < -0.39 is 12.1 Å². The van der Waals surface area contributed by atoms with Gasteiger partial charge in [0.15, 0.2) is 0 Å². The Hall–Kier alpha value is -1.86. The summed E-state index contributed by atoms with van der Waals surface area (Å²) >= 11 is 6.07. The summed E-state index contributed by atoms with van der Waals surface area (Å²) < 4.78 is 36.1. The van der Waals surface area contributed by atoms with Crippen LogP contribution in [0.4, 0.5) is 14.5 Å². The minimum Gasteiger partial charge on any atom is -0.494 e. The minimum atomic E-state index is -2.74. The summed E-state index contributed by atoms with van der Waals surface area (Å²) in [6.45, 7) is 0. The van der Waals surface area contributed by atoms with E-state index in [2.05, 4.69) is 10.4 Å². The molecule has 0 spiro atoms. The molecular weight excluding hydrogens is 292 g/mol. The van der Waals surface area contributed by atoms with Crippen LogP contribution >= 0.6 is 11.6 Å². The maximum Gasteiger partial charge on any atom is 0.280 e. The Morgan fingerprint density at radius 3 is 2.50 bits per heavy atom. The van der Waals surface area contributed by atoms with Gasteiger partial charge in [-0.2, -0.15) is 0 Å². The van der Waals surface area contributed by atoms with Crippen LogP contribution in [0.15, 0.2) is 12.1 Å². The molecule has 0 fully saturated rings. The number of rotatable bonds is 4. The number of nitrogen functional groups attached to an aromatic ring is 1. The second-order valence-electron chi connectivity index (χ2n) is 3.86. The number of nitrogens with two attached hydrogens (primary N) is 1. The van der Waals surface area contributed by atoms with Crippen LogP contribution in [0.25, 0.3) is 10.9 Å². The van der Waals surface area contributed by atoms with Crippen LogP contribution in [0.5, 0.6) is 11.5 Å². The van der Waals surface area contributed by atoms with Gasteiger partial charge in [0.1, 0.15) is 22.7 Å². The smallest absolute Gasteiger partial charge is 0.280 e. The van der Waals surface area contributed by atoms with Gasteiger partial charge in [0, 0.05) is 6.07 Å². The van der Waals surface area contributed by atoms with Gasteiger partial charge in [-0.25, -0.2) is 13.8 Å². The Morgan fingerprint density at radius 1 is 1.30 bits per heavy atom. The fourth-order valence-electron chi connectivity index (χ4n) is 1.92. The van der Waals surface area contributed by atoms with E-state index in [0.29, 0.717) is 5.39 Å². The Labute approximate surface area is 118 Å². The van der Waals surface area contributed by atoms with Crippen LogP contribution in [0.2, 0.25) is 5.02 Å². The van der Waals surface area contributed by atoms with Gasteiger partial charge in [-0.15, -0.1) is 0 Å². The lowest BCUT2D eigenvalue weighted by molar-refractivity contribution is 0.146. The van der Waals surface area contributed by atoms with Crippen molar-refractivity contribution in [3.05, 3.63) is 22.8 Å². The second-order valence-corrected chi connectivity index (χ2v) is 4.26. The first-order valence-corrected chi connectivity index (χ1v) is 5.91. The van der Waals surface area contributed by atoms with Crippen LogP contribution in [-0.2, 0) is 0 Å². The third kappa shape index (κ3) is 2.30. The van der Waals surface area contributed by atoms with Gasteiger partial charge >= 0.3 is 0 Å². The second kappa shape index (κ2) is 5.64. The Balaban J connectivity index is 2.93. The fourth-order valence-corrected chi connectivity index (χ4v) is 2.19. The maximum atomic E-state index is 12.9. The number of hydrogen-bond donors (Lipinski definition) is 2. The molecule has 0 atom stereocenters.